The molecule has 0 saturated heterocycles. The minimum atomic E-state index is 0.717. The molecule has 0 atom stereocenters. The van der Waals surface area contributed by atoms with Crippen LogP contribution in [0.5, 0.6) is 5.75 Å². The Morgan fingerprint density at radius 2 is 2.29 bits per heavy atom. The number of benzene rings is 1. The average molecular weight is 228 g/mol. The van der Waals surface area contributed by atoms with E-state index >= 15 is 0 Å². The first kappa shape index (κ1) is 10.4. The normalized spacial score (nSPS) is 13.5. The lowest BCUT2D eigenvalue weighted by molar-refractivity contribution is 0.325. The summed E-state index contributed by atoms with van der Waals surface area (Å²) in [6, 6.07) is 6.41. The summed E-state index contributed by atoms with van der Waals surface area (Å²) < 4.78 is 5.81. The van der Waals surface area contributed by atoms with Gasteiger partial charge in [0.2, 0.25) is 0 Å². The quantitative estimate of drug-likeness (QED) is 0.815. The van der Waals surface area contributed by atoms with Crippen molar-refractivity contribution >= 4 is 0 Å². The number of aromatic nitrogens is 2. The number of aromatic amines is 1. The molecule has 0 aliphatic carbocycles. The monoisotopic (exact) mass is 228 g/mol. The SMILES string of the molecule is CCc1ccc2c(c1)OCCc1[nH]c(C)nc1-2. The van der Waals surface area contributed by atoms with E-state index in [1.807, 2.05) is 6.92 Å². The lowest BCUT2D eigenvalue weighted by Crippen LogP contribution is -1.99. The van der Waals surface area contributed by atoms with Crippen LogP contribution in [0.1, 0.15) is 24.0 Å². The summed E-state index contributed by atoms with van der Waals surface area (Å²) in [5, 5.41) is 0. The number of nitrogens with zero attached hydrogens (tertiary/aromatic N) is 1. The molecule has 1 aromatic carbocycles. The van der Waals surface area contributed by atoms with Crippen LogP contribution in [0.25, 0.3) is 11.3 Å². The minimum Gasteiger partial charge on any atom is -0.492 e. The van der Waals surface area contributed by atoms with Crippen molar-refractivity contribution in [2.24, 2.45) is 0 Å². The number of rotatable bonds is 1. The molecule has 0 radical (unpaired) electrons. The second-order valence-corrected chi connectivity index (χ2v) is 4.43. The van der Waals surface area contributed by atoms with Gasteiger partial charge in [0.25, 0.3) is 0 Å². The number of fused-ring (bicyclic) bond motifs is 3. The van der Waals surface area contributed by atoms with Crippen LogP contribution in [-0.2, 0) is 12.8 Å². The summed E-state index contributed by atoms with van der Waals surface area (Å²) in [6.45, 7) is 4.87. The molecule has 0 bridgehead atoms. The van der Waals surface area contributed by atoms with E-state index in [1.165, 1.54) is 11.3 Å². The van der Waals surface area contributed by atoms with E-state index in [0.29, 0.717) is 0 Å². The third-order valence-corrected chi connectivity index (χ3v) is 3.22. The first-order valence-electron chi connectivity index (χ1n) is 6.09. The van der Waals surface area contributed by atoms with Gasteiger partial charge in [-0.05, 0) is 31.0 Å². The van der Waals surface area contributed by atoms with E-state index in [-0.39, 0.29) is 0 Å². The Hall–Kier alpha value is -1.77. The molecule has 1 aromatic heterocycles. The number of nitrogens with one attached hydrogen (secondary N) is 1. The number of imidazole rings is 1. The maximum absolute atomic E-state index is 5.81. The van der Waals surface area contributed by atoms with E-state index in [4.69, 9.17) is 4.74 Å². The van der Waals surface area contributed by atoms with Gasteiger partial charge in [0.05, 0.1) is 12.3 Å². The fourth-order valence-electron chi connectivity index (χ4n) is 2.31. The molecule has 88 valence electrons. The standard InChI is InChI=1S/C14H16N2O/c1-3-10-4-5-11-13(8-10)17-7-6-12-14(11)16-9(2)15-12/h4-5,8H,3,6-7H2,1-2H3,(H,15,16). The molecule has 0 spiro atoms. The van der Waals surface area contributed by atoms with Gasteiger partial charge in [-0.2, -0.15) is 0 Å². The van der Waals surface area contributed by atoms with Gasteiger partial charge in [-0.1, -0.05) is 13.0 Å². The predicted molar refractivity (Wildman–Crippen MR) is 67.3 cm³/mol. The van der Waals surface area contributed by atoms with Crippen molar-refractivity contribution in [3.63, 3.8) is 0 Å². The van der Waals surface area contributed by atoms with Crippen molar-refractivity contribution in [1.82, 2.24) is 9.97 Å². The molecule has 1 aliphatic heterocycles. The minimum absolute atomic E-state index is 0.717. The molecule has 2 heterocycles. The molecule has 3 nitrogen and oxygen atoms in total. The first-order valence-corrected chi connectivity index (χ1v) is 6.09. The molecule has 0 saturated carbocycles. The third kappa shape index (κ3) is 1.71. The predicted octanol–water partition coefficient (Wildman–Crippen LogP) is 2.88. The molecule has 3 rings (SSSR count). The smallest absolute Gasteiger partial charge is 0.129 e. The Bertz CT molecular complexity index is 557. The molecular formula is C14H16N2O. The zero-order chi connectivity index (χ0) is 11.8. The summed E-state index contributed by atoms with van der Waals surface area (Å²) in [5.74, 6) is 1.94. The second-order valence-electron chi connectivity index (χ2n) is 4.43. The van der Waals surface area contributed by atoms with Gasteiger partial charge in [0, 0.05) is 17.7 Å². The fourth-order valence-corrected chi connectivity index (χ4v) is 2.31. The van der Waals surface area contributed by atoms with E-state index in [1.54, 1.807) is 0 Å². The van der Waals surface area contributed by atoms with Crippen molar-refractivity contribution in [1.29, 1.82) is 0 Å². The number of hydrogen-bond acceptors (Lipinski definition) is 2. The van der Waals surface area contributed by atoms with Gasteiger partial charge < -0.3 is 9.72 Å². The molecule has 0 unspecified atom stereocenters. The Morgan fingerprint density at radius 3 is 3.12 bits per heavy atom. The molecular weight excluding hydrogens is 212 g/mol. The Kier molecular flexibility index (Phi) is 2.39. The fraction of sp³-hybridized carbons (Fsp3) is 0.357. The lowest BCUT2D eigenvalue weighted by Gasteiger charge is -2.08. The van der Waals surface area contributed by atoms with Crippen LogP contribution in [0.4, 0.5) is 0 Å². The number of ether oxygens (including phenoxy) is 1. The molecule has 1 aliphatic rings. The molecule has 0 amide bonds. The summed E-state index contributed by atoms with van der Waals surface area (Å²) in [7, 11) is 0. The van der Waals surface area contributed by atoms with Crippen molar-refractivity contribution < 1.29 is 4.74 Å². The Labute approximate surface area is 101 Å². The van der Waals surface area contributed by atoms with Crippen LogP contribution in [0.3, 0.4) is 0 Å². The average Bonchev–Trinajstić information content (AvgIpc) is 2.62. The lowest BCUT2D eigenvalue weighted by atomic mass is 10.0. The number of H-pyrrole nitrogens is 1. The highest BCUT2D eigenvalue weighted by Gasteiger charge is 2.18. The van der Waals surface area contributed by atoms with E-state index in [9.17, 15) is 0 Å². The Morgan fingerprint density at radius 1 is 1.41 bits per heavy atom. The molecule has 3 heteroatoms. The van der Waals surface area contributed by atoms with Crippen molar-refractivity contribution in [2.75, 3.05) is 6.61 Å². The van der Waals surface area contributed by atoms with Crippen LogP contribution >= 0.6 is 0 Å². The maximum atomic E-state index is 5.81. The van der Waals surface area contributed by atoms with Gasteiger partial charge >= 0.3 is 0 Å². The topological polar surface area (TPSA) is 37.9 Å². The zero-order valence-corrected chi connectivity index (χ0v) is 10.2. The summed E-state index contributed by atoms with van der Waals surface area (Å²) in [5.41, 5.74) is 4.65. The highest BCUT2D eigenvalue weighted by atomic mass is 16.5. The van der Waals surface area contributed by atoms with Crippen molar-refractivity contribution in [3.05, 3.63) is 35.3 Å². The van der Waals surface area contributed by atoms with Crippen LogP contribution in [0.2, 0.25) is 0 Å². The van der Waals surface area contributed by atoms with Gasteiger partial charge in [-0.3, -0.25) is 0 Å². The summed E-state index contributed by atoms with van der Waals surface area (Å²) >= 11 is 0. The van der Waals surface area contributed by atoms with Crippen molar-refractivity contribution in [2.45, 2.75) is 26.7 Å². The molecule has 1 N–H and O–H groups in total. The van der Waals surface area contributed by atoms with Gasteiger partial charge in [-0.15, -0.1) is 0 Å². The Balaban J connectivity index is 2.18. The van der Waals surface area contributed by atoms with Crippen LogP contribution in [0.15, 0.2) is 18.2 Å². The van der Waals surface area contributed by atoms with Gasteiger partial charge in [-0.25, -0.2) is 4.98 Å². The van der Waals surface area contributed by atoms with Crippen LogP contribution in [-0.4, -0.2) is 16.6 Å². The van der Waals surface area contributed by atoms with Crippen molar-refractivity contribution in [3.8, 4) is 17.0 Å². The molecule has 17 heavy (non-hydrogen) atoms. The van der Waals surface area contributed by atoms with Crippen LogP contribution in [0, 0.1) is 6.92 Å². The van der Waals surface area contributed by atoms with Gasteiger partial charge in [0.15, 0.2) is 0 Å². The highest BCUT2D eigenvalue weighted by Crippen LogP contribution is 2.34. The van der Waals surface area contributed by atoms with Gasteiger partial charge in [0.1, 0.15) is 11.6 Å². The molecule has 2 aromatic rings. The van der Waals surface area contributed by atoms with E-state index in [0.717, 1.165) is 42.3 Å². The first-order chi connectivity index (χ1) is 8.28. The zero-order valence-electron chi connectivity index (χ0n) is 10.2. The van der Waals surface area contributed by atoms with E-state index in [2.05, 4.69) is 35.1 Å². The van der Waals surface area contributed by atoms with Crippen LogP contribution < -0.4 is 4.74 Å². The number of aryl methyl sites for hydroxylation is 2. The van der Waals surface area contributed by atoms with E-state index < -0.39 is 0 Å². The summed E-state index contributed by atoms with van der Waals surface area (Å²) in [4.78, 5) is 7.89. The third-order valence-electron chi connectivity index (χ3n) is 3.22. The summed E-state index contributed by atoms with van der Waals surface area (Å²) in [6.07, 6.45) is 1.93. The second kappa shape index (κ2) is 3.91. The largest absolute Gasteiger partial charge is 0.492 e. The number of hydrogen-bond donors (Lipinski definition) is 1. The molecule has 0 fully saturated rings. The maximum Gasteiger partial charge on any atom is 0.129 e. The highest BCUT2D eigenvalue weighted by molar-refractivity contribution is 5.70.